The molecule has 0 atom stereocenters. The highest BCUT2D eigenvalue weighted by Crippen LogP contribution is 2.28. The normalized spacial score (nSPS) is 11.0. The third kappa shape index (κ3) is 3.67. The number of amides is 1. The van der Waals surface area contributed by atoms with Gasteiger partial charge >= 0.3 is 0 Å². The summed E-state index contributed by atoms with van der Waals surface area (Å²) in [5, 5.41) is 0.423. The number of hydrogen-bond acceptors (Lipinski definition) is 5. The first-order valence-corrected chi connectivity index (χ1v) is 9.96. The SMILES string of the molecule is Cc1ccc(-n2c(SCC(=O)NN)nc3c(-c4ccccc4)c[nH]c3c2=O)cc1. The Morgan fingerprint density at radius 2 is 1.90 bits per heavy atom. The van der Waals surface area contributed by atoms with Crippen LogP contribution in [0.1, 0.15) is 5.56 Å². The van der Waals surface area contributed by atoms with Crippen LogP contribution >= 0.6 is 11.8 Å². The van der Waals surface area contributed by atoms with Gasteiger partial charge in [0.05, 0.1) is 11.4 Å². The molecular formula is C21H19N5O2S. The van der Waals surface area contributed by atoms with Crippen molar-refractivity contribution in [3.63, 3.8) is 0 Å². The van der Waals surface area contributed by atoms with Gasteiger partial charge in [0, 0.05) is 11.8 Å². The minimum absolute atomic E-state index is 0.0470. The Bertz CT molecular complexity index is 1230. The van der Waals surface area contributed by atoms with Gasteiger partial charge in [0.2, 0.25) is 5.91 Å². The largest absolute Gasteiger partial charge is 0.355 e. The highest BCUT2D eigenvalue weighted by molar-refractivity contribution is 7.99. The van der Waals surface area contributed by atoms with Gasteiger partial charge in [-0.25, -0.2) is 10.8 Å². The summed E-state index contributed by atoms with van der Waals surface area (Å²) in [6.07, 6.45) is 1.79. The maximum atomic E-state index is 13.3. The van der Waals surface area contributed by atoms with Crippen molar-refractivity contribution < 1.29 is 4.79 Å². The van der Waals surface area contributed by atoms with E-state index in [0.29, 0.717) is 21.9 Å². The molecular weight excluding hydrogens is 386 g/mol. The minimum atomic E-state index is -0.350. The lowest BCUT2D eigenvalue weighted by Gasteiger charge is -2.12. The molecule has 1 amide bonds. The Hall–Kier alpha value is -3.36. The lowest BCUT2D eigenvalue weighted by atomic mass is 10.1. The van der Waals surface area contributed by atoms with Crippen LogP contribution in [0.15, 0.2) is 70.7 Å². The first-order valence-electron chi connectivity index (χ1n) is 8.97. The summed E-state index contributed by atoms with van der Waals surface area (Å²) in [6.45, 7) is 1.98. The number of nitrogens with one attached hydrogen (secondary N) is 2. The van der Waals surface area contributed by atoms with Gasteiger partial charge in [0.1, 0.15) is 11.0 Å². The highest BCUT2D eigenvalue weighted by atomic mass is 32.2. The number of hydrazine groups is 1. The van der Waals surface area contributed by atoms with E-state index in [1.165, 1.54) is 4.57 Å². The first kappa shape index (κ1) is 19.0. The number of rotatable bonds is 5. The number of nitrogens with two attached hydrogens (primary N) is 1. The van der Waals surface area contributed by atoms with Gasteiger partial charge in [-0.15, -0.1) is 0 Å². The van der Waals surface area contributed by atoms with Crippen molar-refractivity contribution in [1.29, 1.82) is 0 Å². The van der Waals surface area contributed by atoms with E-state index in [4.69, 9.17) is 10.8 Å². The Morgan fingerprint density at radius 1 is 1.17 bits per heavy atom. The van der Waals surface area contributed by atoms with Gasteiger partial charge in [-0.2, -0.15) is 0 Å². The fourth-order valence-electron chi connectivity index (χ4n) is 3.07. The van der Waals surface area contributed by atoms with Crippen molar-refractivity contribution in [2.45, 2.75) is 12.1 Å². The monoisotopic (exact) mass is 405 g/mol. The molecule has 0 saturated heterocycles. The van der Waals surface area contributed by atoms with E-state index in [0.717, 1.165) is 28.5 Å². The molecule has 2 aromatic heterocycles. The average molecular weight is 405 g/mol. The van der Waals surface area contributed by atoms with Gasteiger partial charge in [0.15, 0.2) is 5.16 Å². The van der Waals surface area contributed by atoms with E-state index in [1.807, 2.05) is 61.5 Å². The second kappa shape index (κ2) is 7.94. The second-order valence-electron chi connectivity index (χ2n) is 6.52. The first-order chi connectivity index (χ1) is 14.1. The molecule has 0 aliphatic rings. The standard InChI is InChI=1S/C21H19N5O2S/c1-13-7-9-15(10-8-13)26-20(28)19-18(24-21(26)29-12-17(27)25-22)16(11-23-19)14-5-3-2-4-6-14/h2-11,23H,12,22H2,1H3,(H,25,27). The van der Waals surface area contributed by atoms with Crippen molar-refractivity contribution in [3.8, 4) is 16.8 Å². The molecule has 0 saturated carbocycles. The van der Waals surface area contributed by atoms with Crippen LogP contribution in [0.5, 0.6) is 0 Å². The molecule has 4 rings (SSSR count). The van der Waals surface area contributed by atoms with Crippen molar-refractivity contribution >= 4 is 28.7 Å². The molecule has 0 spiro atoms. The number of carbonyl (C=O) groups is 1. The predicted octanol–water partition coefficient (Wildman–Crippen LogP) is 2.77. The summed E-state index contributed by atoms with van der Waals surface area (Å²) >= 11 is 1.16. The molecule has 2 heterocycles. The number of nitrogens with zero attached hydrogens (tertiary/aromatic N) is 2. The molecule has 2 aromatic carbocycles. The number of fused-ring (bicyclic) bond motifs is 1. The maximum absolute atomic E-state index is 13.3. The number of thioether (sulfide) groups is 1. The molecule has 29 heavy (non-hydrogen) atoms. The zero-order valence-electron chi connectivity index (χ0n) is 15.7. The van der Waals surface area contributed by atoms with Gasteiger partial charge in [-0.1, -0.05) is 59.8 Å². The van der Waals surface area contributed by atoms with E-state index >= 15 is 0 Å². The van der Waals surface area contributed by atoms with Gasteiger partial charge in [-0.05, 0) is 24.6 Å². The van der Waals surface area contributed by atoms with E-state index in [9.17, 15) is 9.59 Å². The second-order valence-corrected chi connectivity index (χ2v) is 7.46. The van der Waals surface area contributed by atoms with E-state index < -0.39 is 0 Å². The lowest BCUT2D eigenvalue weighted by Crippen LogP contribution is -2.32. The van der Waals surface area contributed by atoms with E-state index in [1.54, 1.807) is 6.20 Å². The lowest BCUT2D eigenvalue weighted by molar-refractivity contribution is -0.118. The third-order valence-electron chi connectivity index (χ3n) is 4.54. The Morgan fingerprint density at radius 3 is 2.59 bits per heavy atom. The molecule has 7 nitrogen and oxygen atoms in total. The number of carbonyl (C=O) groups excluding carboxylic acids is 1. The van der Waals surface area contributed by atoms with Crippen LogP contribution in [-0.4, -0.2) is 26.2 Å². The van der Waals surface area contributed by atoms with Crippen molar-refractivity contribution in [1.82, 2.24) is 20.0 Å². The van der Waals surface area contributed by atoms with Gasteiger partial charge in [0.25, 0.3) is 5.56 Å². The smallest absolute Gasteiger partial charge is 0.283 e. The quantitative estimate of drug-likeness (QED) is 0.156. The van der Waals surface area contributed by atoms with Crippen molar-refractivity contribution in [3.05, 3.63) is 76.7 Å². The molecule has 0 aliphatic carbocycles. The summed E-state index contributed by atoms with van der Waals surface area (Å²) in [4.78, 5) is 32.9. The summed E-state index contributed by atoms with van der Waals surface area (Å²) < 4.78 is 1.52. The average Bonchev–Trinajstić information content (AvgIpc) is 3.18. The topological polar surface area (TPSA) is 106 Å². The molecule has 4 aromatic rings. The third-order valence-corrected chi connectivity index (χ3v) is 5.48. The summed E-state index contributed by atoms with van der Waals surface area (Å²) in [5.74, 6) is 4.90. The Labute approximate surface area is 170 Å². The fraction of sp³-hybridized carbons (Fsp3) is 0.0952. The summed E-state index contributed by atoms with van der Waals surface area (Å²) in [6, 6.07) is 17.3. The van der Waals surface area contributed by atoms with Crippen LogP contribution in [0, 0.1) is 6.92 Å². The molecule has 0 unspecified atom stereocenters. The number of aryl methyl sites for hydroxylation is 1. The Kier molecular flexibility index (Phi) is 5.20. The zero-order chi connectivity index (χ0) is 20.4. The van der Waals surface area contributed by atoms with Crippen LogP contribution in [0.3, 0.4) is 0 Å². The van der Waals surface area contributed by atoms with Crippen LogP contribution < -0.4 is 16.8 Å². The van der Waals surface area contributed by atoms with Crippen molar-refractivity contribution in [2.75, 3.05) is 5.75 Å². The van der Waals surface area contributed by atoms with Crippen LogP contribution in [0.4, 0.5) is 0 Å². The molecule has 0 bridgehead atoms. The molecule has 0 fully saturated rings. The maximum Gasteiger partial charge on any atom is 0.283 e. The zero-order valence-corrected chi connectivity index (χ0v) is 16.5. The molecule has 0 aliphatic heterocycles. The highest BCUT2D eigenvalue weighted by Gasteiger charge is 2.18. The van der Waals surface area contributed by atoms with Gasteiger partial charge < -0.3 is 4.98 Å². The summed E-state index contributed by atoms with van der Waals surface area (Å²) in [5.41, 5.74) is 6.41. The van der Waals surface area contributed by atoms with Crippen molar-refractivity contribution in [2.24, 2.45) is 5.84 Å². The Balaban J connectivity index is 1.93. The molecule has 8 heteroatoms. The fourth-order valence-corrected chi connectivity index (χ4v) is 3.88. The molecule has 4 N–H and O–H groups in total. The van der Waals surface area contributed by atoms with Crippen LogP contribution in [-0.2, 0) is 4.79 Å². The van der Waals surface area contributed by atoms with E-state index in [-0.39, 0.29) is 17.2 Å². The number of aromatic amines is 1. The van der Waals surface area contributed by atoms with Gasteiger partial charge in [-0.3, -0.25) is 19.6 Å². The molecule has 0 radical (unpaired) electrons. The number of H-pyrrole nitrogens is 1. The summed E-state index contributed by atoms with van der Waals surface area (Å²) in [7, 11) is 0. The van der Waals surface area contributed by atoms with Crippen LogP contribution in [0.2, 0.25) is 0 Å². The molecule has 146 valence electrons. The number of benzene rings is 2. The minimum Gasteiger partial charge on any atom is -0.355 e. The number of aromatic nitrogens is 3. The van der Waals surface area contributed by atoms with Crippen LogP contribution in [0.25, 0.3) is 27.8 Å². The number of hydrogen-bond donors (Lipinski definition) is 3. The predicted molar refractivity (Wildman–Crippen MR) is 115 cm³/mol. The van der Waals surface area contributed by atoms with E-state index in [2.05, 4.69) is 10.4 Å².